The molecule has 1 nitrogen and oxygen atoms in total. The molecule has 1 atom stereocenters. The van der Waals surface area contributed by atoms with Crippen molar-refractivity contribution in [3.63, 3.8) is 0 Å². The first-order valence-electron chi connectivity index (χ1n) is 3.63. The highest BCUT2D eigenvalue weighted by Gasteiger charge is 2.08. The molecule has 1 heteroatoms. The smallest absolute Gasteiger partial charge is 0.0595 e. The molecule has 0 fully saturated rings. The second-order valence-corrected chi connectivity index (χ2v) is 2.56. The fourth-order valence-electron chi connectivity index (χ4n) is 0.933. The quantitative estimate of drug-likeness (QED) is 0.565. The molecule has 0 aromatic rings. The van der Waals surface area contributed by atoms with Crippen LogP contribution in [0.4, 0.5) is 0 Å². The van der Waals surface area contributed by atoms with Gasteiger partial charge in [-0.05, 0) is 19.3 Å². The number of hydrogen-bond acceptors (Lipinski definition) is 1. The zero-order valence-corrected chi connectivity index (χ0v) is 6.68. The van der Waals surface area contributed by atoms with Gasteiger partial charge in [0.25, 0.3) is 0 Å². The molecule has 0 rings (SSSR count). The highest BCUT2D eigenvalue weighted by Crippen LogP contribution is 2.09. The summed E-state index contributed by atoms with van der Waals surface area (Å²) in [4.78, 5) is 0. The van der Waals surface area contributed by atoms with E-state index in [1.54, 1.807) is 0 Å². The predicted molar refractivity (Wildman–Crippen MR) is 40.2 cm³/mol. The van der Waals surface area contributed by atoms with Gasteiger partial charge in [-0.3, -0.25) is 0 Å². The number of hydrogen-bond donors (Lipinski definition) is 0. The van der Waals surface area contributed by atoms with Gasteiger partial charge in [0.15, 0.2) is 0 Å². The monoisotopic (exact) mass is 129 g/mol. The van der Waals surface area contributed by atoms with Crippen LogP contribution in [0.5, 0.6) is 0 Å². The van der Waals surface area contributed by atoms with Gasteiger partial charge < -0.3 is 4.74 Å². The molecule has 0 aliphatic carbocycles. The van der Waals surface area contributed by atoms with Crippen LogP contribution in [-0.2, 0) is 4.74 Å². The molecule has 0 aromatic carbocycles. The fraction of sp³-hybridized carbons (Fsp3) is 0.875. The van der Waals surface area contributed by atoms with Crippen LogP contribution in [0.15, 0.2) is 0 Å². The molecule has 0 N–H and O–H groups in total. The minimum atomic E-state index is 0.405. The maximum atomic E-state index is 5.34. The SMILES string of the molecule is [CH2]COC(CC)C(C)C. The van der Waals surface area contributed by atoms with Crippen molar-refractivity contribution in [2.24, 2.45) is 5.92 Å². The summed E-state index contributed by atoms with van der Waals surface area (Å²) in [6, 6.07) is 0. The largest absolute Gasteiger partial charge is 0.378 e. The van der Waals surface area contributed by atoms with Gasteiger partial charge in [0.1, 0.15) is 0 Å². The van der Waals surface area contributed by atoms with Crippen LogP contribution in [0.3, 0.4) is 0 Å². The summed E-state index contributed by atoms with van der Waals surface area (Å²) in [5.41, 5.74) is 0. The van der Waals surface area contributed by atoms with E-state index in [-0.39, 0.29) is 0 Å². The van der Waals surface area contributed by atoms with Crippen LogP contribution in [0, 0.1) is 12.8 Å². The third-order valence-electron chi connectivity index (χ3n) is 1.48. The van der Waals surface area contributed by atoms with E-state index in [4.69, 9.17) is 4.74 Å². The molecule has 0 bridgehead atoms. The topological polar surface area (TPSA) is 9.23 Å². The normalized spacial score (nSPS) is 14.3. The number of rotatable bonds is 4. The molecule has 0 aliphatic heterocycles. The molecule has 0 amide bonds. The van der Waals surface area contributed by atoms with Gasteiger partial charge in [-0.2, -0.15) is 0 Å². The van der Waals surface area contributed by atoms with Gasteiger partial charge in [0.2, 0.25) is 0 Å². The molecule has 0 heterocycles. The van der Waals surface area contributed by atoms with E-state index in [0.29, 0.717) is 18.6 Å². The van der Waals surface area contributed by atoms with Crippen molar-refractivity contribution in [3.05, 3.63) is 6.92 Å². The predicted octanol–water partition coefficient (Wildman–Crippen LogP) is 2.27. The van der Waals surface area contributed by atoms with E-state index in [0.717, 1.165) is 6.42 Å². The number of ether oxygens (including phenoxy) is 1. The summed E-state index contributed by atoms with van der Waals surface area (Å²) in [5.74, 6) is 0.622. The zero-order valence-electron chi connectivity index (χ0n) is 6.68. The van der Waals surface area contributed by atoms with Crippen molar-refractivity contribution in [3.8, 4) is 0 Å². The summed E-state index contributed by atoms with van der Waals surface area (Å²) < 4.78 is 5.34. The molecule has 0 aromatic heterocycles. The third kappa shape index (κ3) is 3.52. The Balaban J connectivity index is 3.41. The minimum absolute atomic E-state index is 0.405. The average molecular weight is 129 g/mol. The van der Waals surface area contributed by atoms with Gasteiger partial charge in [0, 0.05) is 6.61 Å². The van der Waals surface area contributed by atoms with Crippen molar-refractivity contribution >= 4 is 0 Å². The van der Waals surface area contributed by atoms with Crippen LogP contribution in [0.1, 0.15) is 27.2 Å². The van der Waals surface area contributed by atoms with Crippen molar-refractivity contribution in [2.75, 3.05) is 6.61 Å². The first-order chi connectivity index (χ1) is 4.22. The molecular weight excluding hydrogens is 112 g/mol. The fourth-order valence-corrected chi connectivity index (χ4v) is 0.933. The Morgan fingerprint density at radius 3 is 2.11 bits per heavy atom. The van der Waals surface area contributed by atoms with E-state index in [2.05, 4.69) is 27.7 Å². The lowest BCUT2D eigenvalue weighted by Gasteiger charge is -2.18. The molecule has 55 valence electrons. The lowest BCUT2D eigenvalue weighted by Crippen LogP contribution is -2.18. The van der Waals surface area contributed by atoms with E-state index in [1.165, 1.54) is 0 Å². The summed E-state index contributed by atoms with van der Waals surface area (Å²) in [6.07, 6.45) is 1.50. The lowest BCUT2D eigenvalue weighted by atomic mass is 10.1. The Morgan fingerprint density at radius 2 is 2.00 bits per heavy atom. The summed E-state index contributed by atoms with van der Waals surface area (Å²) in [5, 5.41) is 0. The lowest BCUT2D eigenvalue weighted by molar-refractivity contribution is 0.0369. The highest BCUT2D eigenvalue weighted by atomic mass is 16.5. The molecule has 0 aliphatic rings. The molecule has 1 radical (unpaired) electrons. The summed E-state index contributed by atoms with van der Waals surface area (Å²) >= 11 is 0. The van der Waals surface area contributed by atoms with Crippen LogP contribution in [0.2, 0.25) is 0 Å². The Kier molecular flexibility index (Phi) is 4.78. The third-order valence-corrected chi connectivity index (χ3v) is 1.48. The van der Waals surface area contributed by atoms with Crippen molar-refractivity contribution in [1.29, 1.82) is 0 Å². The first kappa shape index (κ1) is 8.96. The van der Waals surface area contributed by atoms with Crippen molar-refractivity contribution in [1.82, 2.24) is 0 Å². The zero-order chi connectivity index (χ0) is 7.28. The van der Waals surface area contributed by atoms with Gasteiger partial charge in [-0.1, -0.05) is 20.8 Å². The van der Waals surface area contributed by atoms with Crippen LogP contribution < -0.4 is 0 Å². The van der Waals surface area contributed by atoms with Gasteiger partial charge in [0.05, 0.1) is 6.10 Å². The Labute approximate surface area is 58.4 Å². The van der Waals surface area contributed by atoms with E-state index >= 15 is 0 Å². The molecule has 0 saturated heterocycles. The summed E-state index contributed by atoms with van der Waals surface area (Å²) in [6.45, 7) is 10.7. The second kappa shape index (κ2) is 4.80. The van der Waals surface area contributed by atoms with Crippen molar-refractivity contribution in [2.45, 2.75) is 33.3 Å². The molecule has 9 heavy (non-hydrogen) atoms. The standard InChI is InChI=1S/C8H17O/c1-5-8(7(3)4)9-6-2/h7-8H,2,5-6H2,1,3-4H3. The van der Waals surface area contributed by atoms with E-state index < -0.39 is 0 Å². The molecule has 0 spiro atoms. The van der Waals surface area contributed by atoms with Gasteiger partial charge in [-0.25, -0.2) is 0 Å². The second-order valence-electron chi connectivity index (χ2n) is 2.56. The average Bonchev–Trinajstić information content (AvgIpc) is 1.82. The first-order valence-corrected chi connectivity index (χ1v) is 3.63. The molecular formula is C8H17O. The minimum Gasteiger partial charge on any atom is -0.378 e. The van der Waals surface area contributed by atoms with Crippen LogP contribution >= 0.6 is 0 Å². The van der Waals surface area contributed by atoms with E-state index in [1.807, 2.05) is 0 Å². The van der Waals surface area contributed by atoms with Crippen LogP contribution in [-0.4, -0.2) is 12.7 Å². The molecule has 0 saturated carbocycles. The molecule has 1 unspecified atom stereocenters. The Hall–Kier alpha value is -0.0400. The van der Waals surface area contributed by atoms with Gasteiger partial charge in [-0.15, -0.1) is 0 Å². The maximum Gasteiger partial charge on any atom is 0.0595 e. The van der Waals surface area contributed by atoms with Crippen LogP contribution in [0.25, 0.3) is 0 Å². The Morgan fingerprint density at radius 1 is 1.44 bits per heavy atom. The highest BCUT2D eigenvalue weighted by molar-refractivity contribution is 4.59. The van der Waals surface area contributed by atoms with Gasteiger partial charge >= 0.3 is 0 Å². The van der Waals surface area contributed by atoms with Crippen molar-refractivity contribution < 1.29 is 4.74 Å². The maximum absolute atomic E-state index is 5.34. The Bertz CT molecular complexity index is 59.6. The summed E-state index contributed by atoms with van der Waals surface area (Å²) in [7, 11) is 0. The van der Waals surface area contributed by atoms with E-state index in [9.17, 15) is 0 Å².